The smallest absolute Gasteiger partial charge is 0.255 e. The number of ether oxygens (including phenoxy) is 1. The summed E-state index contributed by atoms with van der Waals surface area (Å²) in [5.74, 6) is 0.703. The predicted octanol–water partition coefficient (Wildman–Crippen LogP) is 2.47. The number of fused-ring (bicyclic) bond motifs is 1. The number of benzene rings is 1. The van der Waals surface area contributed by atoms with Crippen molar-refractivity contribution >= 4 is 11.8 Å². The maximum atomic E-state index is 13.5. The highest BCUT2D eigenvalue weighted by Crippen LogP contribution is 2.32. The van der Waals surface area contributed by atoms with Crippen molar-refractivity contribution in [2.75, 3.05) is 39.4 Å². The molecular formula is C24H35N3O3. The highest BCUT2D eigenvalue weighted by atomic mass is 16.5. The normalized spacial score (nSPS) is 30.1. The van der Waals surface area contributed by atoms with Crippen molar-refractivity contribution in [3.8, 4) is 0 Å². The Bertz CT molecular complexity index is 769. The summed E-state index contributed by atoms with van der Waals surface area (Å²) in [6.45, 7) is 8.76. The molecular weight excluding hydrogens is 378 g/mol. The number of carbonyl (C=O) groups excluding carboxylic acids is 2. The van der Waals surface area contributed by atoms with Gasteiger partial charge in [-0.1, -0.05) is 25.1 Å². The maximum absolute atomic E-state index is 13.5. The Morgan fingerprint density at radius 2 is 1.83 bits per heavy atom. The van der Waals surface area contributed by atoms with Gasteiger partial charge < -0.3 is 15.0 Å². The molecule has 1 unspecified atom stereocenters. The van der Waals surface area contributed by atoms with Crippen LogP contribution in [0, 0.1) is 5.92 Å². The summed E-state index contributed by atoms with van der Waals surface area (Å²) >= 11 is 0. The third-order valence-electron chi connectivity index (χ3n) is 7.21. The first-order valence-corrected chi connectivity index (χ1v) is 11.5. The van der Waals surface area contributed by atoms with E-state index in [-0.39, 0.29) is 17.9 Å². The molecule has 1 aliphatic carbocycles. The molecule has 6 nitrogen and oxygen atoms in total. The fraction of sp³-hybridized carbons (Fsp3) is 0.667. The van der Waals surface area contributed by atoms with E-state index in [0.29, 0.717) is 13.0 Å². The van der Waals surface area contributed by atoms with Crippen molar-refractivity contribution < 1.29 is 14.3 Å². The van der Waals surface area contributed by atoms with Gasteiger partial charge in [-0.05, 0) is 50.2 Å². The zero-order valence-electron chi connectivity index (χ0n) is 18.4. The Morgan fingerprint density at radius 3 is 2.57 bits per heavy atom. The number of amides is 2. The van der Waals surface area contributed by atoms with E-state index in [4.69, 9.17) is 4.74 Å². The van der Waals surface area contributed by atoms with Crippen molar-refractivity contribution in [2.45, 2.75) is 57.5 Å². The minimum Gasteiger partial charge on any atom is -0.379 e. The van der Waals surface area contributed by atoms with Gasteiger partial charge in [0.05, 0.1) is 13.2 Å². The average Bonchev–Trinajstić information content (AvgIpc) is 2.76. The van der Waals surface area contributed by atoms with Crippen LogP contribution in [0.3, 0.4) is 0 Å². The molecule has 1 aromatic rings. The lowest BCUT2D eigenvalue weighted by Gasteiger charge is -2.45. The second-order valence-corrected chi connectivity index (χ2v) is 9.45. The van der Waals surface area contributed by atoms with Crippen molar-refractivity contribution in [3.05, 3.63) is 35.4 Å². The number of morpholine rings is 1. The summed E-state index contributed by atoms with van der Waals surface area (Å²) in [5.41, 5.74) is 0.845. The molecule has 0 bridgehead atoms. The number of carbonyl (C=O) groups is 2. The van der Waals surface area contributed by atoms with Gasteiger partial charge in [-0.2, -0.15) is 0 Å². The fourth-order valence-corrected chi connectivity index (χ4v) is 5.08. The van der Waals surface area contributed by atoms with Crippen molar-refractivity contribution in [3.63, 3.8) is 0 Å². The summed E-state index contributed by atoms with van der Waals surface area (Å²) in [6.07, 6.45) is 4.93. The van der Waals surface area contributed by atoms with E-state index in [1.807, 2.05) is 36.1 Å². The summed E-state index contributed by atoms with van der Waals surface area (Å²) in [6, 6.07) is 7.96. The van der Waals surface area contributed by atoms with Gasteiger partial charge in [-0.15, -0.1) is 0 Å². The predicted molar refractivity (Wildman–Crippen MR) is 116 cm³/mol. The number of rotatable bonds is 5. The van der Waals surface area contributed by atoms with Crippen molar-refractivity contribution in [2.24, 2.45) is 5.92 Å². The van der Waals surface area contributed by atoms with Crippen LogP contribution in [0.4, 0.5) is 0 Å². The Labute approximate surface area is 179 Å². The van der Waals surface area contributed by atoms with Gasteiger partial charge in [-0.3, -0.25) is 14.5 Å². The van der Waals surface area contributed by atoms with Crippen molar-refractivity contribution in [1.82, 2.24) is 15.1 Å². The molecule has 30 heavy (non-hydrogen) atoms. The lowest BCUT2D eigenvalue weighted by molar-refractivity contribution is -0.133. The largest absolute Gasteiger partial charge is 0.379 e. The molecule has 2 fully saturated rings. The average molecular weight is 414 g/mol. The maximum Gasteiger partial charge on any atom is 0.255 e. The molecule has 1 aromatic carbocycles. The molecule has 164 valence electrons. The van der Waals surface area contributed by atoms with E-state index in [2.05, 4.69) is 17.1 Å². The van der Waals surface area contributed by atoms with E-state index in [1.165, 1.54) is 0 Å². The highest BCUT2D eigenvalue weighted by Gasteiger charge is 2.47. The summed E-state index contributed by atoms with van der Waals surface area (Å²) in [4.78, 5) is 31.1. The number of hydrogen-bond donors (Lipinski definition) is 1. The molecule has 2 heterocycles. The Kier molecular flexibility index (Phi) is 6.44. The van der Waals surface area contributed by atoms with Crippen LogP contribution >= 0.6 is 0 Å². The zero-order valence-corrected chi connectivity index (χ0v) is 18.4. The fourth-order valence-electron chi connectivity index (χ4n) is 5.08. The standard InChI is InChI=1S/C24H35N3O3/c1-18-7-9-20(10-8-18)25-23(29)24(2)17-19-5-3-4-6-21(19)22(28)27(24)12-11-26-13-15-30-16-14-26/h3-6,18,20H,7-17H2,1-2H3,(H,25,29). The molecule has 1 N–H and O–H groups in total. The third kappa shape index (κ3) is 4.40. The quantitative estimate of drug-likeness (QED) is 0.806. The van der Waals surface area contributed by atoms with Gasteiger partial charge in [0, 0.05) is 44.2 Å². The molecule has 1 saturated carbocycles. The molecule has 6 heteroatoms. The van der Waals surface area contributed by atoms with Gasteiger partial charge in [0.1, 0.15) is 5.54 Å². The molecule has 1 atom stereocenters. The van der Waals surface area contributed by atoms with E-state index < -0.39 is 5.54 Å². The third-order valence-corrected chi connectivity index (χ3v) is 7.21. The molecule has 0 radical (unpaired) electrons. The molecule has 2 amide bonds. The first kappa shape index (κ1) is 21.3. The number of hydrogen-bond acceptors (Lipinski definition) is 4. The van der Waals surface area contributed by atoms with Gasteiger partial charge in [-0.25, -0.2) is 0 Å². The van der Waals surface area contributed by atoms with Crippen LogP contribution in [0.25, 0.3) is 0 Å². The molecule has 2 aliphatic heterocycles. The van der Waals surface area contributed by atoms with Gasteiger partial charge in [0.15, 0.2) is 0 Å². The molecule has 0 spiro atoms. The van der Waals surface area contributed by atoms with Crippen LogP contribution in [0.5, 0.6) is 0 Å². The number of nitrogens with one attached hydrogen (secondary N) is 1. The highest BCUT2D eigenvalue weighted by molar-refractivity contribution is 6.02. The van der Waals surface area contributed by atoms with E-state index in [0.717, 1.165) is 75.6 Å². The molecule has 3 aliphatic rings. The Morgan fingerprint density at radius 1 is 1.13 bits per heavy atom. The minimum atomic E-state index is -0.860. The zero-order chi connectivity index (χ0) is 21.1. The Balaban J connectivity index is 1.53. The summed E-state index contributed by atoms with van der Waals surface area (Å²) < 4.78 is 5.44. The van der Waals surface area contributed by atoms with Crippen molar-refractivity contribution in [1.29, 1.82) is 0 Å². The topological polar surface area (TPSA) is 61.9 Å². The second-order valence-electron chi connectivity index (χ2n) is 9.45. The minimum absolute atomic E-state index is 0.00752. The van der Waals surface area contributed by atoms with Crippen LogP contribution in [-0.2, 0) is 16.0 Å². The first-order chi connectivity index (χ1) is 14.5. The van der Waals surface area contributed by atoms with E-state index >= 15 is 0 Å². The lowest BCUT2D eigenvalue weighted by atomic mass is 9.81. The Hall–Kier alpha value is -1.92. The van der Waals surface area contributed by atoms with Gasteiger partial charge in [0.2, 0.25) is 5.91 Å². The summed E-state index contributed by atoms with van der Waals surface area (Å²) in [7, 11) is 0. The number of nitrogens with zero attached hydrogens (tertiary/aromatic N) is 2. The lowest BCUT2D eigenvalue weighted by Crippen LogP contribution is -2.64. The summed E-state index contributed by atoms with van der Waals surface area (Å²) in [5, 5.41) is 3.30. The van der Waals surface area contributed by atoms with Crippen LogP contribution in [-0.4, -0.2) is 72.6 Å². The monoisotopic (exact) mass is 413 g/mol. The van der Waals surface area contributed by atoms with Gasteiger partial charge >= 0.3 is 0 Å². The SMILES string of the molecule is CC1CCC(NC(=O)C2(C)Cc3ccccc3C(=O)N2CCN2CCOCC2)CC1. The first-order valence-electron chi connectivity index (χ1n) is 11.5. The molecule has 1 saturated heterocycles. The van der Waals surface area contributed by atoms with E-state index in [1.54, 1.807) is 0 Å². The van der Waals surface area contributed by atoms with Gasteiger partial charge in [0.25, 0.3) is 5.91 Å². The van der Waals surface area contributed by atoms with Crippen LogP contribution in [0.1, 0.15) is 55.5 Å². The van der Waals surface area contributed by atoms with Crippen LogP contribution < -0.4 is 5.32 Å². The van der Waals surface area contributed by atoms with Crippen LogP contribution in [0.2, 0.25) is 0 Å². The molecule has 0 aromatic heterocycles. The second kappa shape index (κ2) is 9.06. The molecule has 4 rings (SSSR count). The van der Waals surface area contributed by atoms with E-state index in [9.17, 15) is 9.59 Å². The van der Waals surface area contributed by atoms with Crippen LogP contribution in [0.15, 0.2) is 24.3 Å².